The molecule has 1 fully saturated rings. The average Bonchev–Trinajstić information content (AvgIpc) is 2.30. The summed E-state index contributed by atoms with van der Waals surface area (Å²) < 4.78 is 37.9. The molecule has 0 saturated heterocycles. The molecule has 2 unspecified atom stereocenters. The van der Waals surface area contributed by atoms with Crippen LogP contribution in [-0.2, 0) is 6.18 Å². The van der Waals surface area contributed by atoms with E-state index >= 15 is 0 Å². The third kappa shape index (κ3) is 3.72. The lowest BCUT2D eigenvalue weighted by Crippen LogP contribution is -2.31. The summed E-state index contributed by atoms with van der Waals surface area (Å²) in [4.78, 5) is 7.32. The van der Waals surface area contributed by atoms with Crippen molar-refractivity contribution in [1.82, 2.24) is 9.97 Å². The molecule has 0 amide bonds. The van der Waals surface area contributed by atoms with Crippen molar-refractivity contribution < 1.29 is 13.2 Å². The van der Waals surface area contributed by atoms with E-state index in [9.17, 15) is 13.2 Å². The molecule has 0 aliphatic heterocycles. The fraction of sp³-hybridized carbons (Fsp3) is 0.667. The van der Waals surface area contributed by atoms with Crippen molar-refractivity contribution in [3.05, 3.63) is 16.9 Å². The molecule has 1 aliphatic rings. The average molecular weight is 294 g/mol. The summed E-state index contributed by atoms with van der Waals surface area (Å²) in [5.41, 5.74) is -1.02. The highest BCUT2D eigenvalue weighted by molar-refractivity contribution is 6.29. The van der Waals surface area contributed by atoms with Crippen molar-refractivity contribution in [2.45, 2.75) is 44.8 Å². The molecular weight excluding hydrogens is 279 g/mol. The van der Waals surface area contributed by atoms with Crippen LogP contribution in [0.2, 0.25) is 5.15 Å². The molecule has 2 rings (SSSR count). The second kappa shape index (κ2) is 5.53. The molecule has 106 valence electrons. The van der Waals surface area contributed by atoms with Gasteiger partial charge in [0.05, 0.1) is 0 Å². The van der Waals surface area contributed by atoms with Crippen LogP contribution >= 0.6 is 11.6 Å². The monoisotopic (exact) mass is 293 g/mol. The van der Waals surface area contributed by atoms with E-state index in [1.54, 1.807) is 0 Å². The number of hydrogen-bond acceptors (Lipinski definition) is 3. The number of anilines is 1. The molecule has 0 bridgehead atoms. The van der Waals surface area contributed by atoms with Gasteiger partial charge in [-0.1, -0.05) is 31.4 Å². The Kier molecular flexibility index (Phi) is 4.18. The van der Waals surface area contributed by atoms with Gasteiger partial charge in [-0.3, -0.25) is 0 Å². The van der Waals surface area contributed by atoms with E-state index in [0.717, 1.165) is 31.7 Å². The predicted molar refractivity (Wildman–Crippen MR) is 67.1 cm³/mol. The van der Waals surface area contributed by atoms with Gasteiger partial charge in [0, 0.05) is 12.1 Å². The lowest BCUT2D eigenvalue weighted by atomic mass is 9.86. The van der Waals surface area contributed by atoms with Gasteiger partial charge in [-0.05, 0) is 18.8 Å². The minimum Gasteiger partial charge on any atom is -0.351 e. The van der Waals surface area contributed by atoms with E-state index in [2.05, 4.69) is 22.2 Å². The van der Waals surface area contributed by atoms with E-state index in [4.69, 9.17) is 11.6 Å². The van der Waals surface area contributed by atoms with E-state index < -0.39 is 11.9 Å². The van der Waals surface area contributed by atoms with Gasteiger partial charge in [0.1, 0.15) is 5.15 Å². The molecule has 0 radical (unpaired) electrons. The zero-order chi connectivity index (χ0) is 14.0. The molecule has 1 saturated carbocycles. The van der Waals surface area contributed by atoms with Crippen molar-refractivity contribution in [2.75, 3.05) is 5.32 Å². The third-order valence-electron chi connectivity index (χ3n) is 3.41. The summed E-state index contributed by atoms with van der Waals surface area (Å²) >= 11 is 5.62. The SMILES string of the molecule is CC1CCCCC1Nc1nc(Cl)cc(C(F)(F)F)n1. The second-order valence-corrected chi connectivity index (χ2v) is 5.30. The Balaban J connectivity index is 2.18. The van der Waals surface area contributed by atoms with Crippen LogP contribution in [0, 0.1) is 5.92 Å². The molecule has 19 heavy (non-hydrogen) atoms. The first-order valence-corrected chi connectivity index (χ1v) is 6.62. The number of rotatable bonds is 2. The lowest BCUT2D eigenvalue weighted by Gasteiger charge is -2.29. The summed E-state index contributed by atoms with van der Waals surface area (Å²) in [6, 6.07) is 0.838. The Labute approximate surface area is 114 Å². The first kappa shape index (κ1) is 14.4. The molecule has 1 heterocycles. The standard InChI is InChI=1S/C12H15ClF3N3/c1-7-4-2-3-5-8(7)17-11-18-9(12(14,15)16)6-10(13)19-11/h6-8H,2-5H2,1H3,(H,17,18,19). The summed E-state index contributed by atoms with van der Waals surface area (Å²) in [6.07, 6.45) is -0.317. The molecule has 3 nitrogen and oxygen atoms in total. The van der Waals surface area contributed by atoms with Crippen LogP contribution in [-0.4, -0.2) is 16.0 Å². The highest BCUT2D eigenvalue weighted by Gasteiger charge is 2.34. The summed E-state index contributed by atoms with van der Waals surface area (Å²) in [5.74, 6) is 0.351. The fourth-order valence-corrected chi connectivity index (χ4v) is 2.51. The van der Waals surface area contributed by atoms with Crippen molar-refractivity contribution in [3.8, 4) is 0 Å². The lowest BCUT2D eigenvalue weighted by molar-refractivity contribution is -0.141. The fourth-order valence-electron chi connectivity index (χ4n) is 2.32. The van der Waals surface area contributed by atoms with Gasteiger partial charge in [-0.15, -0.1) is 0 Å². The number of alkyl halides is 3. The van der Waals surface area contributed by atoms with Crippen LogP contribution in [0.4, 0.5) is 19.1 Å². The minimum atomic E-state index is -4.51. The molecule has 1 aromatic rings. The van der Waals surface area contributed by atoms with Crippen LogP contribution in [0.1, 0.15) is 38.3 Å². The Hall–Kier alpha value is -1.04. The van der Waals surface area contributed by atoms with Crippen LogP contribution < -0.4 is 5.32 Å². The van der Waals surface area contributed by atoms with Crippen LogP contribution in [0.3, 0.4) is 0 Å². The van der Waals surface area contributed by atoms with E-state index in [0.29, 0.717) is 5.92 Å². The number of nitrogens with one attached hydrogen (secondary N) is 1. The smallest absolute Gasteiger partial charge is 0.351 e. The highest BCUT2D eigenvalue weighted by Crippen LogP contribution is 2.31. The summed E-state index contributed by atoms with van der Waals surface area (Å²) in [5, 5.41) is 2.78. The summed E-state index contributed by atoms with van der Waals surface area (Å²) in [6.45, 7) is 2.08. The normalized spacial score (nSPS) is 24.3. The molecule has 1 aliphatic carbocycles. The number of aromatic nitrogens is 2. The van der Waals surface area contributed by atoms with Gasteiger partial charge in [0.2, 0.25) is 5.95 Å². The summed E-state index contributed by atoms with van der Waals surface area (Å²) in [7, 11) is 0. The quantitative estimate of drug-likeness (QED) is 0.833. The van der Waals surface area contributed by atoms with Crippen LogP contribution in [0.25, 0.3) is 0 Å². The van der Waals surface area contributed by atoms with Crippen molar-refractivity contribution >= 4 is 17.5 Å². The number of hydrogen-bond donors (Lipinski definition) is 1. The maximum atomic E-state index is 12.6. The van der Waals surface area contributed by atoms with E-state index in [-0.39, 0.29) is 17.1 Å². The largest absolute Gasteiger partial charge is 0.433 e. The second-order valence-electron chi connectivity index (χ2n) is 4.91. The molecule has 1 N–H and O–H groups in total. The minimum absolute atomic E-state index is 0.0430. The third-order valence-corrected chi connectivity index (χ3v) is 3.60. The Morgan fingerprint density at radius 1 is 1.26 bits per heavy atom. The number of nitrogens with zero attached hydrogens (tertiary/aromatic N) is 2. The Morgan fingerprint density at radius 3 is 2.58 bits per heavy atom. The number of halogens is 4. The molecule has 0 spiro atoms. The molecule has 1 aromatic heterocycles. The maximum Gasteiger partial charge on any atom is 0.433 e. The van der Waals surface area contributed by atoms with E-state index in [1.165, 1.54) is 0 Å². The molecule has 2 atom stereocenters. The predicted octanol–water partition coefficient (Wildman–Crippen LogP) is 4.14. The molecular formula is C12H15ClF3N3. The van der Waals surface area contributed by atoms with Gasteiger partial charge in [-0.25, -0.2) is 9.97 Å². The zero-order valence-electron chi connectivity index (χ0n) is 10.5. The van der Waals surface area contributed by atoms with Crippen molar-refractivity contribution in [2.24, 2.45) is 5.92 Å². The molecule has 0 aromatic carbocycles. The zero-order valence-corrected chi connectivity index (χ0v) is 11.2. The van der Waals surface area contributed by atoms with Crippen molar-refractivity contribution in [3.63, 3.8) is 0 Å². The van der Waals surface area contributed by atoms with Crippen LogP contribution in [0.5, 0.6) is 0 Å². The first-order chi connectivity index (χ1) is 8.86. The van der Waals surface area contributed by atoms with Crippen molar-refractivity contribution in [1.29, 1.82) is 0 Å². The topological polar surface area (TPSA) is 37.8 Å². The van der Waals surface area contributed by atoms with Gasteiger partial charge in [-0.2, -0.15) is 13.2 Å². The van der Waals surface area contributed by atoms with Gasteiger partial charge < -0.3 is 5.32 Å². The Morgan fingerprint density at radius 2 is 1.95 bits per heavy atom. The molecule has 7 heteroatoms. The van der Waals surface area contributed by atoms with Gasteiger partial charge in [0.15, 0.2) is 5.69 Å². The first-order valence-electron chi connectivity index (χ1n) is 6.24. The van der Waals surface area contributed by atoms with Gasteiger partial charge in [0.25, 0.3) is 0 Å². The van der Waals surface area contributed by atoms with Crippen LogP contribution in [0.15, 0.2) is 6.07 Å². The van der Waals surface area contributed by atoms with Gasteiger partial charge >= 0.3 is 6.18 Å². The maximum absolute atomic E-state index is 12.6. The highest BCUT2D eigenvalue weighted by atomic mass is 35.5. The Bertz CT molecular complexity index is 450. The van der Waals surface area contributed by atoms with E-state index in [1.807, 2.05) is 0 Å².